The van der Waals surface area contributed by atoms with Crippen LogP contribution in [-0.2, 0) is 9.59 Å². The lowest BCUT2D eigenvalue weighted by molar-refractivity contribution is -0.146. The molecule has 0 spiro atoms. The second kappa shape index (κ2) is 6.05. The molecule has 3 atom stereocenters. The Morgan fingerprint density at radius 1 is 1.37 bits per heavy atom. The summed E-state index contributed by atoms with van der Waals surface area (Å²) in [5.41, 5.74) is -0.628. The number of nitrogens with zero attached hydrogens (tertiary/aromatic N) is 1. The highest BCUT2D eigenvalue weighted by Crippen LogP contribution is 2.38. The van der Waals surface area contributed by atoms with E-state index in [-0.39, 0.29) is 12.5 Å². The van der Waals surface area contributed by atoms with Crippen molar-refractivity contribution in [2.24, 2.45) is 23.2 Å². The summed E-state index contributed by atoms with van der Waals surface area (Å²) in [6.45, 7) is 5.75. The second-order valence-electron chi connectivity index (χ2n) is 6.01. The maximum Gasteiger partial charge on any atom is 0.307 e. The van der Waals surface area contributed by atoms with E-state index in [0.717, 1.165) is 6.42 Å². The number of carboxylic acid groups (broad SMARTS) is 1. The van der Waals surface area contributed by atoms with Gasteiger partial charge in [-0.05, 0) is 32.6 Å². The molecule has 5 nitrogen and oxygen atoms in total. The number of rotatable bonds is 5. The molecule has 5 heteroatoms. The minimum Gasteiger partial charge on any atom is -0.481 e. The van der Waals surface area contributed by atoms with Crippen LogP contribution in [0, 0.1) is 34.5 Å². The van der Waals surface area contributed by atoms with Crippen LogP contribution >= 0.6 is 0 Å². The zero-order valence-corrected chi connectivity index (χ0v) is 11.8. The number of nitrogens with one attached hydrogen (secondary N) is 1. The monoisotopic (exact) mass is 266 g/mol. The summed E-state index contributed by atoms with van der Waals surface area (Å²) in [5, 5.41) is 20.8. The van der Waals surface area contributed by atoms with E-state index in [1.807, 2.05) is 6.92 Å². The van der Waals surface area contributed by atoms with Crippen molar-refractivity contribution in [2.45, 2.75) is 40.0 Å². The van der Waals surface area contributed by atoms with E-state index in [1.54, 1.807) is 13.8 Å². The predicted octanol–water partition coefficient (Wildman–Crippen LogP) is 1.79. The van der Waals surface area contributed by atoms with Gasteiger partial charge in [-0.3, -0.25) is 9.59 Å². The van der Waals surface area contributed by atoms with Gasteiger partial charge in [0.1, 0.15) is 0 Å². The van der Waals surface area contributed by atoms with Gasteiger partial charge < -0.3 is 10.4 Å². The van der Waals surface area contributed by atoms with Gasteiger partial charge in [0.2, 0.25) is 5.91 Å². The van der Waals surface area contributed by atoms with Gasteiger partial charge in [-0.15, -0.1) is 0 Å². The number of aliphatic carboxylic acids is 1. The summed E-state index contributed by atoms with van der Waals surface area (Å²) < 4.78 is 0. The van der Waals surface area contributed by atoms with E-state index < -0.39 is 23.2 Å². The lowest BCUT2D eigenvalue weighted by atomic mass is 9.93. The number of carboxylic acids is 1. The highest BCUT2D eigenvalue weighted by molar-refractivity contribution is 5.85. The van der Waals surface area contributed by atoms with Crippen molar-refractivity contribution in [3.8, 4) is 6.07 Å². The third-order valence-corrected chi connectivity index (χ3v) is 3.90. The average molecular weight is 266 g/mol. The molecule has 0 bridgehead atoms. The van der Waals surface area contributed by atoms with Crippen LogP contribution in [0.4, 0.5) is 0 Å². The molecule has 2 N–H and O–H groups in total. The minimum absolute atomic E-state index is 0.230. The van der Waals surface area contributed by atoms with Crippen molar-refractivity contribution in [3.05, 3.63) is 0 Å². The molecule has 0 saturated heterocycles. The Bertz CT molecular complexity index is 398. The summed E-state index contributed by atoms with van der Waals surface area (Å²) in [7, 11) is 0. The van der Waals surface area contributed by atoms with E-state index in [4.69, 9.17) is 5.26 Å². The zero-order chi connectivity index (χ0) is 14.6. The standard InChI is InChI=1S/C14H22N2O3/c1-4-9-5-10(11(6-9)13(18)19)12(17)16-8-14(2,3)7-15/h9-11H,4-6,8H2,1-3H3,(H,16,17)(H,18,19)/t9?,10-,11+/m0/s1. The van der Waals surface area contributed by atoms with Crippen LogP contribution < -0.4 is 5.32 Å². The van der Waals surface area contributed by atoms with Crippen LogP contribution in [0.5, 0.6) is 0 Å². The first-order valence-electron chi connectivity index (χ1n) is 6.72. The minimum atomic E-state index is -0.893. The fourth-order valence-electron chi connectivity index (χ4n) is 2.52. The van der Waals surface area contributed by atoms with Gasteiger partial charge in [-0.25, -0.2) is 0 Å². The van der Waals surface area contributed by atoms with E-state index in [2.05, 4.69) is 11.4 Å². The Morgan fingerprint density at radius 3 is 2.42 bits per heavy atom. The maximum atomic E-state index is 12.1. The number of carbonyl (C=O) groups is 2. The SMILES string of the molecule is CCC1C[C@H](C(=O)NCC(C)(C)C#N)[C@H](C(=O)O)C1. The van der Waals surface area contributed by atoms with Gasteiger partial charge in [0.15, 0.2) is 0 Å². The molecule has 19 heavy (non-hydrogen) atoms. The molecule has 1 aliphatic rings. The van der Waals surface area contributed by atoms with Gasteiger partial charge in [0.25, 0.3) is 0 Å². The molecular formula is C14H22N2O3. The van der Waals surface area contributed by atoms with Crippen molar-refractivity contribution in [1.29, 1.82) is 5.26 Å². The Labute approximate surface area is 114 Å². The highest BCUT2D eigenvalue weighted by atomic mass is 16.4. The largest absolute Gasteiger partial charge is 0.481 e. The first-order chi connectivity index (χ1) is 8.80. The molecule has 1 aliphatic carbocycles. The lowest BCUT2D eigenvalue weighted by Gasteiger charge is -2.20. The van der Waals surface area contributed by atoms with Crippen LogP contribution in [0.15, 0.2) is 0 Å². The van der Waals surface area contributed by atoms with Crippen LogP contribution in [0.1, 0.15) is 40.0 Å². The summed E-state index contributed by atoms with van der Waals surface area (Å²) in [4.78, 5) is 23.3. The summed E-state index contributed by atoms with van der Waals surface area (Å²) in [5.74, 6) is -1.87. The Balaban J connectivity index is 2.65. The second-order valence-corrected chi connectivity index (χ2v) is 6.01. The van der Waals surface area contributed by atoms with E-state index >= 15 is 0 Å². The normalized spacial score (nSPS) is 26.7. The number of hydrogen-bond donors (Lipinski definition) is 2. The van der Waals surface area contributed by atoms with Crippen LogP contribution in [0.3, 0.4) is 0 Å². The highest BCUT2D eigenvalue weighted by Gasteiger charge is 2.42. The Morgan fingerprint density at radius 2 is 1.95 bits per heavy atom. The van der Waals surface area contributed by atoms with Crippen molar-refractivity contribution in [1.82, 2.24) is 5.32 Å². The fraction of sp³-hybridized carbons (Fsp3) is 0.786. The first kappa shape index (κ1) is 15.5. The molecule has 0 aromatic rings. The van der Waals surface area contributed by atoms with E-state index in [1.165, 1.54) is 0 Å². The average Bonchev–Trinajstić information content (AvgIpc) is 2.80. The summed E-state index contributed by atoms with van der Waals surface area (Å²) in [6, 6.07) is 2.11. The molecule has 1 saturated carbocycles. The zero-order valence-electron chi connectivity index (χ0n) is 11.8. The van der Waals surface area contributed by atoms with Crippen molar-refractivity contribution in [2.75, 3.05) is 6.54 Å². The van der Waals surface area contributed by atoms with Crippen molar-refractivity contribution in [3.63, 3.8) is 0 Å². The third-order valence-electron chi connectivity index (χ3n) is 3.90. The van der Waals surface area contributed by atoms with Gasteiger partial charge >= 0.3 is 5.97 Å². The molecule has 1 rings (SSSR count). The molecule has 0 aliphatic heterocycles. The molecule has 1 unspecified atom stereocenters. The molecule has 1 amide bonds. The van der Waals surface area contributed by atoms with Crippen LogP contribution in [0.25, 0.3) is 0 Å². The Kier molecular flexibility index (Phi) is 4.93. The van der Waals surface area contributed by atoms with Gasteiger partial charge in [0, 0.05) is 6.54 Å². The maximum absolute atomic E-state index is 12.1. The molecule has 1 fully saturated rings. The quantitative estimate of drug-likeness (QED) is 0.793. The van der Waals surface area contributed by atoms with Crippen LogP contribution in [0.2, 0.25) is 0 Å². The first-order valence-corrected chi connectivity index (χ1v) is 6.72. The molecule has 0 radical (unpaired) electrons. The number of amides is 1. The number of carbonyl (C=O) groups excluding carboxylic acids is 1. The van der Waals surface area contributed by atoms with Gasteiger partial charge in [0.05, 0.1) is 23.3 Å². The third kappa shape index (κ3) is 3.95. The Hall–Kier alpha value is -1.57. The van der Waals surface area contributed by atoms with Gasteiger partial charge in [-0.2, -0.15) is 5.26 Å². The molecule has 0 aromatic carbocycles. The summed E-state index contributed by atoms with van der Waals surface area (Å²) in [6.07, 6.45) is 2.11. The molecule has 0 aromatic heterocycles. The fourth-order valence-corrected chi connectivity index (χ4v) is 2.52. The smallest absolute Gasteiger partial charge is 0.307 e. The predicted molar refractivity (Wildman–Crippen MR) is 70.0 cm³/mol. The topological polar surface area (TPSA) is 90.2 Å². The molecule has 0 heterocycles. The van der Waals surface area contributed by atoms with Crippen molar-refractivity contribution >= 4 is 11.9 Å². The van der Waals surface area contributed by atoms with Crippen molar-refractivity contribution < 1.29 is 14.7 Å². The van der Waals surface area contributed by atoms with E-state index in [0.29, 0.717) is 18.8 Å². The number of nitriles is 1. The van der Waals surface area contributed by atoms with Crippen LogP contribution in [-0.4, -0.2) is 23.5 Å². The summed E-state index contributed by atoms with van der Waals surface area (Å²) >= 11 is 0. The van der Waals surface area contributed by atoms with E-state index in [9.17, 15) is 14.7 Å². The molecule has 106 valence electrons. The molecular weight excluding hydrogens is 244 g/mol. The van der Waals surface area contributed by atoms with Gasteiger partial charge in [-0.1, -0.05) is 13.3 Å². The number of hydrogen-bond acceptors (Lipinski definition) is 3. The lowest BCUT2D eigenvalue weighted by Crippen LogP contribution is -2.39.